The van der Waals surface area contributed by atoms with Gasteiger partial charge in [0.25, 0.3) is 0 Å². The van der Waals surface area contributed by atoms with E-state index in [9.17, 15) is 4.79 Å². The zero-order valence-electron chi connectivity index (χ0n) is 9.45. The molecule has 0 radical (unpaired) electrons. The summed E-state index contributed by atoms with van der Waals surface area (Å²) in [6, 6.07) is 12.0. The van der Waals surface area contributed by atoms with E-state index in [1.54, 1.807) is 30.5 Å². The highest BCUT2D eigenvalue weighted by atomic mass is 16.4. The van der Waals surface area contributed by atoms with Crippen LogP contribution >= 0.6 is 0 Å². The van der Waals surface area contributed by atoms with Crippen molar-refractivity contribution in [3.8, 4) is 0 Å². The summed E-state index contributed by atoms with van der Waals surface area (Å²) in [5.41, 5.74) is 4.00. The Morgan fingerprint density at radius 3 is 2.72 bits per heavy atom. The molecule has 0 aliphatic carbocycles. The van der Waals surface area contributed by atoms with Gasteiger partial charge in [-0.15, -0.1) is 0 Å². The Balaban J connectivity index is 2.11. The van der Waals surface area contributed by atoms with Crippen LogP contribution in [0.1, 0.15) is 16.1 Å². The molecule has 0 spiro atoms. The Hall–Kier alpha value is -2.69. The number of benzene rings is 1. The average molecular weight is 241 g/mol. The first-order chi connectivity index (χ1) is 8.77. The van der Waals surface area contributed by atoms with Gasteiger partial charge in [0.15, 0.2) is 0 Å². The van der Waals surface area contributed by atoms with E-state index in [0.29, 0.717) is 11.4 Å². The number of nitrogens with zero attached hydrogens (tertiary/aromatic N) is 2. The maximum Gasteiger partial charge on any atom is 0.337 e. The molecule has 0 atom stereocenters. The zero-order chi connectivity index (χ0) is 12.8. The van der Waals surface area contributed by atoms with Crippen molar-refractivity contribution in [2.75, 3.05) is 5.43 Å². The van der Waals surface area contributed by atoms with Gasteiger partial charge in [0.2, 0.25) is 0 Å². The van der Waals surface area contributed by atoms with Gasteiger partial charge in [-0.2, -0.15) is 5.10 Å². The summed E-state index contributed by atoms with van der Waals surface area (Å²) in [5, 5.41) is 12.9. The van der Waals surface area contributed by atoms with Crippen LogP contribution in [0, 0.1) is 0 Å². The molecule has 0 amide bonds. The lowest BCUT2D eigenvalue weighted by atomic mass is 10.2. The highest BCUT2D eigenvalue weighted by Gasteiger charge is 2.07. The van der Waals surface area contributed by atoms with Crippen molar-refractivity contribution in [3.63, 3.8) is 0 Å². The Kier molecular flexibility index (Phi) is 3.66. The first-order valence-corrected chi connectivity index (χ1v) is 5.30. The lowest BCUT2D eigenvalue weighted by Crippen LogP contribution is -2.02. The molecule has 1 aromatic carbocycles. The SMILES string of the molecule is O=C(O)c1ccccc1N/N=C\c1ccccn1. The van der Waals surface area contributed by atoms with Crippen molar-refractivity contribution in [1.29, 1.82) is 0 Å². The van der Waals surface area contributed by atoms with Crippen molar-refractivity contribution in [3.05, 3.63) is 59.9 Å². The fraction of sp³-hybridized carbons (Fsp3) is 0. The van der Waals surface area contributed by atoms with Crippen molar-refractivity contribution in [2.45, 2.75) is 0 Å². The third kappa shape index (κ3) is 2.91. The average Bonchev–Trinajstić information content (AvgIpc) is 2.40. The summed E-state index contributed by atoms with van der Waals surface area (Å²) in [5.74, 6) is -0.994. The molecule has 0 saturated heterocycles. The number of hydrogen-bond acceptors (Lipinski definition) is 4. The van der Waals surface area contributed by atoms with Gasteiger partial charge in [-0.3, -0.25) is 10.4 Å². The second-order valence-electron chi connectivity index (χ2n) is 3.48. The summed E-state index contributed by atoms with van der Waals surface area (Å²) < 4.78 is 0. The minimum atomic E-state index is -0.994. The first-order valence-electron chi connectivity index (χ1n) is 5.30. The van der Waals surface area contributed by atoms with Crippen LogP contribution in [0.4, 0.5) is 5.69 Å². The molecule has 0 aliphatic rings. The van der Waals surface area contributed by atoms with Gasteiger partial charge < -0.3 is 5.11 Å². The van der Waals surface area contributed by atoms with Crippen LogP contribution in [0.5, 0.6) is 0 Å². The zero-order valence-corrected chi connectivity index (χ0v) is 9.45. The second kappa shape index (κ2) is 5.58. The van der Waals surface area contributed by atoms with Crippen molar-refractivity contribution >= 4 is 17.9 Å². The Morgan fingerprint density at radius 2 is 2.00 bits per heavy atom. The number of carbonyl (C=O) groups is 1. The van der Waals surface area contributed by atoms with Gasteiger partial charge in [-0.05, 0) is 24.3 Å². The molecule has 90 valence electrons. The van der Waals surface area contributed by atoms with Crippen molar-refractivity contribution in [2.24, 2.45) is 5.10 Å². The number of anilines is 1. The van der Waals surface area contributed by atoms with Crippen molar-refractivity contribution in [1.82, 2.24) is 4.98 Å². The summed E-state index contributed by atoms with van der Waals surface area (Å²) in [7, 11) is 0. The predicted molar refractivity (Wildman–Crippen MR) is 68.9 cm³/mol. The third-order valence-corrected chi connectivity index (χ3v) is 2.23. The maximum absolute atomic E-state index is 11.0. The number of hydrogen-bond donors (Lipinski definition) is 2. The van der Waals surface area contributed by atoms with Crippen LogP contribution < -0.4 is 5.43 Å². The van der Waals surface area contributed by atoms with E-state index < -0.39 is 5.97 Å². The normalized spacial score (nSPS) is 10.4. The number of rotatable bonds is 4. The number of aromatic nitrogens is 1. The topological polar surface area (TPSA) is 74.6 Å². The highest BCUT2D eigenvalue weighted by molar-refractivity contribution is 5.94. The van der Waals surface area contributed by atoms with E-state index in [0.717, 1.165) is 0 Å². The van der Waals surface area contributed by atoms with Gasteiger partial charge in [0.1, 0.15) is 0 Å². The molecule has 2 N–H and O–H groups in total. The molecule has 1 aromatic heterocycles. The first kappa shape index (κ1) is 11.8. The monoisotopic (exact) mass is 241 g/mol. The van der Waals surface area contributed by atoms with Crippen LogP contribution in [0.25, 0.3) is 0 Å². The number of para-hydroxylation sites is 1. The number of carboxylic acid groups (broad SMARTS) is 1. The molecule has 2 aromatic rings. The van der Waals surface area contributed by atoms with E-state index >= 15 is 0 Å². The molecule has 0 bridgehead atoms. The molecule has 1 heterocycles. The van der Waals surface area contributed by atoms with Gasteiger partial charge in [0.05, 0.1) is 23.2 Å². The van der Waals surface area contributed by atoms with Crippen LogP contribution in [-0.2, 0) is 0 Å². The van der Waals surface area contributed by atoms with Crippen molar-refractivity contribution < 1.29 is 9.90 Å². The van der Waals surface area contributed by atoms with Gasteiger partial charge in [0, 0.05) is 6.20 Å². The Bertz CT molecular complexity index is 567. The second-order valence-corrected chi connectivity index (χ2v) is 3.48. The molecule has 5 nitrogen and oxygen atoms in total. The number of pyridine rings is 1. The Morgan fingerprint density at radius 1 is 1.22 bits per heavy atom. The summed E-state index contributed by atoms with van der Waals surface area (Å²) in [6.07, 6.45) is 3.19. The standard InChI is InChI=1S/C13H11N3O2/c17-13(18)11-6-1-2-7-12(11)16-15-9-10-5-3-4-8-14-10/h1-9,16H,(H,17,18)/b15-9-. The van der Waals surface area contributed by atoms with Crippen LogP contribution in [-0.4, -0.2) is 22.3 Å². The molecule has 5 heteroatoms. The molecule has 0 aliphatic heterocycles. The molecular formula is C13H11N3O2. The van der Waals surface area contributed by atoms with Crippen LogP contribution in [0.3, 0.4) is 0 Å². The number of aromatic carboxylic acids is 1. The molecule has 18 heavy (non-hydrogen) atoms. The van der Waals surface area contributed by atoms with Gasteiger partial charge in [-0.25, -0.2) is 4.79 Å². The quantitative estimate of drug-likeness (QED) is 0.635. The molecule has 0 fully saturated rings. The maximum atomic E-state index is 11.0. The van der Waals surface area contributed by atoms with E-state index in [1.165, 1.54) is 12.3 Å². The lowest BCUT2D eigenvalue weighted by Gasteiger charge is -2.03. The van der Waals surface area contributed by atoms with Crippen LogP contribution in [0.2, 0.25) is 0 Å². The lowest BCUT2D eigenvalue weighted by molar-refractivity contribution is 0.0698. The summed E-state index contributed by atoms with van der Waals surface area (Å²) in [6.45, 7) is 0. The van der Waals surface area contributed by atoms with E-state index in [2.05, 4.69) is 15.5 Å². The minimum Gasteiger partial charge on any atom is -0.478 e. The van der Waals surface area contributed by atoms with E-state index in [1.807, 2.05) is 12.1 Å². The summed E-state index contributed by atoms with van der Waals surface area (Å²) in [4.78, 5) is 15.0. The molecule has 0 saturated carbocycles. The highest BCUT2D eigenvalue weighted by Crippen LogP contribution is 2.14. The predicted octanol–water partition coefficient (Wildman–Crippen LogP) is 2.23. The van der Waals surface area contributed by atoms with Crippen LogP contribution in [0.15, 0.2) is 53.8 Å². The Labute approximate surface area is 104 Å². The molecule has 2 rings (SSSR count). The summed E-state index contributed by atoms with van der Waals surface area (Å²) >= 11 is 0. The molecular weight excluding hydrogens is 230 g/mol. The van der Waals surface area contributed by atoms with E-state index in [-0.39, 0.29) is 5.56 Å². The van der Waals surface area contributed by atoms with E-state index in [4.69, 9.17) is 5.11 Å². The van der Waals surface area contributed by atoms with Gasteiger partial charge in [-0.1, -0.05) is 18.2 Å². The fourth-order valence-electron chi connectivity index (χ4n) is 1.39. The largest absolute Gasteiger partial charge is 0.478 e. The smallest absolute Gasteiger partial charge is 0.337 e. The number of nitrogens with one attached hydrogen (secondary N) is 1. The minimum absolute atomic E-state index is 0.177. The number of carboxylic acids is 1. The molecule has 0 unspecified atom stereocenters. The van der Waals surface area contributed by atoms with Gasteiger partial charge >= 0.3 is 5.97 Å². The number of hydrazone groups is 1. The fourth-order valence-corrected chi connectivity index (χ4v) is 1.39. The third-order valence-electron chi connectivity index (χ3n) is 2.23.